The summed E-state index contributed by atoms with van der Waals surface area (Å²) in [5.74, 6) is 0. The highest BCUT2D eigenvalue weighted by molar-refractivity contribution is 7.09. The third-order valence-corrected chi connectivity index (χ3v) is 4.91. The van der Waals surface area contributed by atoms with Crippen molar-refractivity contribution in [3.05, 3.63) is 39.3 Å². The maximum absolute atomic E-state index is 5.93. The monoisotopic (exact) mass is 352 g/mol. The number of hydrogen-bond acceptors (Lipinski definition) is 6. The van der Waals surface area contributed by atoms with Gasteiger partial charge in [-0.3, -0.25) is 9.88 Å². The maximum Gasteiger partial charge on any atom is 0.147 e. The molecule has 5 nitrogen and oxygen atoms in total. The third-order valence-electron chi connectivity index (χ3n) is 3.78. The highest BCUT2D eigenvalue weighted by Crippen LogP contribution is 2.30. The Morgan fingerprint density at radius 2 is 2.17 bits per heavy atom. The first-order valence-corrected chi connectivity index (χ1v) is 8.94. The van der Waals surface area contributed by atoms with Crippen molar-refractivity contribution in [3.63, 3.8) is 0 Å². The van der Waals surface area contributed by atoms with Crippen molar-refractivity contribution >= 4 is 22.9 Å². The molecule has 124 valence electrons. The van der Waals surface area contributed by atoms with Crippen LogP contribution in [0.1, 0.15) is 43.3 Å². The maximum atomic E-state index is 5.93. The van der Waals surface area contributed by atoms with E-state index >= 15 is 0 Å². The fourth-order valence-electron chi connectivity index (χ4n) is 2.43. The Balaban J connectivity index is 1.66. The van der Waals surface area contributed by atoms with E-state index < -0.39 is 0 Å². The van der Waals surface area contributed by atoms with Crippen molar-refractivity contribution in [2.45, 2.75) is 38.8 Å². The van der Waals surface area contributed by atoms with Gasteiger partial charge in [0.05, 0.1) is 30.4 Å². The summed E-state index contributed by atoms with van der Waals surface area (Å²) in [5.41, 5.74) is 2.12. The Morgan fingerprint density at radius 1 is 1.35 bits per heavy atom. The highest BCUT2D eigenvalue weighted by Gasteiger charge is 2.26. The summed E-state index contributed by atoms with van der Waals surface area (Å²) in [4.78, 5) is 15.5. The molecule has 7 heteroatoms. The average Bonchev–Trinajstić information content (AvgIpc) is 3.00. The summed E-state index contributed by atoms with van der Waals surface area (Å²) in [6.45, 7) is 9.70. The van der Waals surface area contributed by atoms with Crippen molar-refractivity contribution in [2.75, 3.05) is 19.7 Å². The molecule has 2 aromatic rings. The van der Waals surface area contributed by atoms with Gasteiger partial charge in [-0.05, 0) is 0 Å². The Hall–Kier alpha value is -1.08. The summed E-state index contributed by atoms with van der Waals surface area (Å²) in [5, 5.41) is 3.62. The third kappa shape index (κ3) is 4.26. The minimum Gasteiger partial charge on any atom is -0.368 e. The quantitative estimate of drug-likeness (QED) is 0.846. The average molecular weight is 353 g/mol. The Kier molecular flexibility index (Phi) is 4.96. The van der Waals surface area contributed by atoms with Crippen LogP contribution in [0.5, 0.6) is 0 Å². The normalized spacial score (nSPS) is 19.9. The number of halogens is 1. The second-order valence-electron chi connectivity index (χ2n) is 6.75. The molecule has 3 heterocycles. The van der Waals surface area contributed by atoms with Gasteiger partial charge in [0.1, 0.15) is 16.3 Å². The van der Waals surface area contributed by atoms with Gasteiger partial charge in [-0.25, -0.2) is 9.97 Å². The summed E-state index contributed by atoms with van der Waals surface area (Å²) >= 11 is 7.47. The molecule has 1 aliphatic rings. The van der Waals surface area contributed by atoms with Gasteiger partial charge in [-0.15, -0.1) is 11.3 Å². The van der Waals surface area contributed by atoms with Crippen LogP contribution in [0.2, 0.25) is 5.15 Å². The van der Waals surface area contributed by atoms with Gasteiger partial charge in [-0.2, -0.15) is 0 Å². The van der Waals surface area contributed by atoms with Gasteiger partial charge in [0.25, 0.3) is 0 Å². The summed E-state index contributed by atoms with van der Waals surface area (Å²) in [6.07, 6.45) is 3.35. The van der Waals surface area contributed by atoms with Crippen LogP contribution in [0.3, 0.4) is 0 Å². The van der Waals surface area contributed by atoms with Gasteiger partial charge in [0.2, 0.25) is 0 Å². The van der Waals surface area contributed by atoms with E-state index in [1.807, 2.05) is 0 Å². The van der Waals surface area contributed by atoms with Crippen LogP contribution >= 0.6 is 22.9 Å². The smallest absolute Gasteiger partial charge is 0.147 e. The van der Waals surface area contributed by atoms with Crippen molar-refractivity contribution in [3.8, 4) is 0 Å². The van der Waals surface area contributed by atoms with E-state index in [-0.39, 0.29) is 11.5 Å². The van der Waals surface area contributed by atoms with Crippen LogP contribution in [0.15, 0.2) is 17.8 Å². The Bertz CT molecular complexity index is 653. The van der Waals surface area contributed by atoms with Gasteiger partial charge in [0, 0.05) is 30.4 Å². The molecule has 0 aromatic carbocycles. The number of nitrogens with zero attached hydrogens (tertiary/aromatic N) is 4. The number of rotatable bonds is 3. The predicted molar refractivity (Wildman–Crippen MR) is 91.8 cm³/mol. The van der Waals surface area contributed by atoms with Gasteiger partial charge in [0.15, 0.2) is 0 Å². The molecule has 0 amide bonds. The van der Waals surface area contributed by atoms with Gasteiger partial charge < -0.3 is 4.74 Å². The van der Waals surface area contributed by atoms with E-state index in [1.165, 1.54) is 0 Å². The van der Waals surface area contributed by atoms with E-state index in [0.717, 1.165) is 36.0 Å². The molecule has 1 atom stereocenters. The fraction of sp³-hybridized carbons (Fsp3) is 0.562. The van der Waals surface area contributed by atoms with Crippen molar-refractivity contribution in [1.82, 2.24) is 19.9 Å². The predicted octanol–water partition coefficient (Wildman–Crippen LogP) is 3.46. The zero-order valence-electron chi connectivity index (χ0n) is 13.6. The van der Waals surface area contributed by atoms with E-state index in [9.17, 15) is 0 Å². The van der Waals surface area contributed by atoms with Crippen LogP contribution in [0.4, 0.5) is 0 Å². The van der Waals surface area contributed by atoms with Crippen molar-refractivity contribution < 1.29 is 4.74 Å². The number of ether oxygens (including phenoxy) is 1. The largest absolute Gasteiger partial charge is 0.368 e. The van der Waals surface area contributed by atoms with Crippen LogP contribution in [-0.4, -0.2) is 39.5 Å². The highest BCUT2D eigenvalue weighted by atomic mass is 35.5. The molecule has 0 bridgehead atoms. The second-order valence-corrected chi connectivity index (χ2v) is 8.02. The SMILES string of the molecule is CC(C)(C)c1csc([C@H]2CN(Cc3cnc(Cl)cn3)CCO2)n1. The first kappa shape index (κ1) is 16.8. The lowest BCUT2D eigenvalue weighted by Gasteiger charge is -2.31. The minimum atomic E-state index is 0.0325. The first-order valence-electron chi connectivity index (χ1n) is 7.68. The number of morpholine rings is 1. The number of hydrogen-bond donors (Lipinski definition) is 0. The first-order chi connectivity index (χ1) is 10.9. The molecule has 0 radical (unpaired) electrons. The molecule has 1 aliphatic heterocycles. The van der Waals surface area contributed by atoms with Crippen LogP contribution < -0.4 is 0 Å². The van der Waals surface area contributed by atoms with Crippen molar-refractivity contribution in [2.24, 2.45) is 0 Å². The van der Waals surface area contributed by atoms with Crippen LogP contribution in [-0.2, 0) is 16.7 Å². The lowest BCUT2D eigenvalue weighted by molar-refractivity contribution is -0.0334. The van der Waals surface area contributed by atoms with E-state index in [0.29, 0.717) is 11.8 Å². The molecule has 1 fully saturated rings. The summed E-state index contributed by atoms with van der Waals surface area (Å²) in [6, 6.07) is 0. The van der Waals surface area contributed by atoms with Gasteiger partial charge >= 0.3 is 0 Å². The number of aromatic nitrogens is 3. The van der Waals surface area contributed by atoms with Crippen LogP contribution in [0, 0.1) is 0 Å². The summed E-state index contributed by atoms with van der Waals surface area (Å²) in [7, 11) is 0. The molecule has 3 rings (SSSR count). The molecule has 0 aliphatic carbocycles. The fourth-order valence-corrected chi connectivity index (χ4v) is 3.61. The lowest BCUT2D eigenvalue weighted by atomic mass is 9.93. The molecule has 23 heavy (non-hydrogen) atoms. The molecule has 0 N–H and O–H groups in total. The molecule has 1 saturated heterocycles. The lowest BCUT2D eigenvalue weighted by Crippen LogP contribution is -2.38. The molecule has 2 aromatic heterocycles. The van der Waals surface area contributed by atoms with E-state index in [4.69, 9.17) is 21.3 Å². The molecular weight excluding hydrogens is 332 g/mol. The number of thiazole rings is 1. The molecule has 0 spiro atoms. The Labute approximate surface area is 145 Å². The molecular formula is C16H21ClN4OS. The summed E-state index contributed by atoms with van der Waals surface area (Å²) < 4.78 is 5.93. The van der Waals surface area contributed by atoms with E-state index in [1.54, 1.807) is 23.7 Å². The van der Waals surface area contributed by atoms with E-state index in [2.05, 4.69) is 41.0 Å². The Morgan fingerprint density at radius 3 is 2.83 bits per heavy atom. The second kappa shape index (κ2) is 6.81. The zero-order valence-corrected chi connectivity index (χ0v) is 15.2. The van der Waals surface area contributed by atoms with Crippen molar-refractivity contribution in [1.29, 1.82) is 0 Å². The molecule has 0 unspecified atom stereocenters. The minimum absolute atomic E-state index is 0.0325. The molecule has 0 saturated carbocycles. The standard InChI is InChI=1S/C16H21ClN4OS/c1-16(2,3)13-10-23-15(20-13)12-9-21(4-5-22-12)8-11-6-19-14(17)7-18-11/h6-7,10,12H,4-5,8-9H2,1-3H3/t12-/m1/s1. The topological polar surface area (TPSA) is 51.1 Å². The van der Waals surface area contributed by atoms with Crippen LogP contribution in [0.25, 0.3) is 0 Å². The van der Waals surface area contributed by atoms with Gasteiger partial charge in [-0.1, -0.05) is 32.4 Å². The zero-order chi connectivity index (χ0) is 16.4.